The van der Waals surface area contributed by atoms with Crippen LogP contribution in [0.3, 0.4) is 0 Å². The van der Waals surface area contributed by atoms with Crippen LogP contribution < -0.4 is 10.1 Å². The lowest BCUT2D eigenvalue weighted by Crippen LogP contribution is -2.23. The van der Waals surface area contributed by atoms with Crippen molar-refractivity contribution in [2.45, 2.75) is 25.4 Å². The van der Waals surface area contributed by atoms with Gasteiger partial charge in [0, 0.05) is 36.3 Å². The Labute approximate surface area is 196 Å². The van der Waals surface area contributed by atoms with Gasteiger partial charge in [-0.25, -0.2) is 4.98 Å². The summed E-state index contributed by atoms with van der Waals surface area (Å²) in [5.74, 6) is 1.97. The Hall–Kier alpha value is -4.11. The number of benzene rings is 1. The number of hydrogen-bond acceptors (Lipinski definition) is 8. The molecule has 0 unspecified atom stereocenters. The van der Waals surface area contributed by atoms with Crippen molar-refractivity contribution in [3.8, 4) is 17.1 Å². The van der Waals surface area contributed by atoms with Crippen LogP contribution in [0.15, 0.2) is 71.6 Å². The summed E-state index contributed by atoms with van der Waals surface area (Å²) in [6.07, 6.45) is 7.29. The molecule has 0 radical (unpaired) electrons. The minimum absolute atomic E-state index is 0.0884. The van der Waals surface area contributed by atoms with E-state index in [1.54, 1.807) is 56.0 Å². The number of ether oxygens (including phenoxy) is 1. The highest BCUT2D eigenvalue weighted by atomic mass is 16.5. The average molecular weight is 457 g/mol. The summed E-state index contributed by atoms with van der Waals surface area (Å²) in [5, 5.41) is 6.95. The number of methoxy groups -OCH3 is 1. The lowest BCUT2D eigenvalue weighted by Gasteiger charge is -2.21. The number of nitrogens with one attached hydrogen (secondary N) is 1. The van der Waals surface area contributed by atoms with Gasteiger partial charge in [-0.05, 0) is 73.5 Å². The van der Waals surface area contributed by atoms with E-state index in [0.29, 0.717) is 28.8 Å². The van der Waals surface area contributed by atoms with Gasteiger partial charge in [-0.1, -0.05) is 5.16 Å². The molecular weight excluding hydrogens is 432 g/mol. The van der Waals surface area contributed by atoms with Crippen molar-refractivity contribution in [1.82, 2.24) is 25.0 Å². The highest BCUT2D eigenvalue weighted by Gasteiger charge is 2.30. The van der Waals surface area contributed by atoms with E-state index >= 15 is 0 Å². The molecule has 0 saturated carbocycles. The molecule has 4 heterocycles. The first-order valence-corrected chi connectivity index (χ1v) is 11.1. The van der Waals surface area contributed by atoms with Gasteiger partial charge in [0.2, 0.25) is 11.7 Å². The Morgan fingerprint density at radius 1 is 1.15 bits per heavy atom. The first-order chi connectivity index (χ1) is 16.7. The monoisotopic (exact) mass is 456 g/mol. The highest BCUT2D eigenvalue weighted by molar-refractivity contribution is 6.03. The number of pyridine rings is 2. The Morgan fingerprint density at radius 2 is 1.97 bits per heavy atom. The van der Waals surface area contributed by atoms with Gasteiger partial charge < -0.3 is 14.6 Å². The third-order valence-electron chi connectivity index (χ3n) is 5.84. The van der Waals surface area contributed by atoms with Crippen LogP contribution in [0.4, 0.5) is 5.82 Å². The molecule has 0 bridgehead atoms. The summed E-state index contributed by atoms with van der Waals surface area (Å²) in [4.78, 5) is 27.9. The van der Waals surface area contributed by atoms with Crippen LogP contribution in [0, 0.1) is 0 Å². The molecule has 1 atom stereocenters. The van der Waals surface area contributed by atoms with E-state index in [2.05, 4.69) is 30.3 Å². The van der Waals surface area contributed by atoms with Crippen molar-refractivity contribution >= 4 is 11.7 Å². The predicted molar refractivity (Wildman–Crippen MR) is 125 cm³/mol. The third kappa shape index (κ3) is 4.79. The molecule has 3 aromatic heterocycles. The number of rotatable bonds is 7. The smallest absolute Gasteiger partial charge is 0.256 e. The molecule has 4 aromatic rings. The van der Waals surface area contributed by atoms with Gasteiger partial charge in [0.15, 0.2) is 0 Å². The first-order valence-electron chi connectivity index (χ1n) is 11.1. The fourth-order valence-corrected chi connectivity index (χ4v) is 4.04. The molecule has 34 heavy (non-hydrogen) atoms. The molecule has 1 saturated heterocycles. The summed E-state index contributed by atoms with van der Waals surface area (Å²) in [6.45, 7) is 1.80. The summed E-state index contributed by atoms with van der Waals surface area (Å²) in [6, 6.07) is 14.5. The van der Waals surface area contributed by atoms with Crippen LogP contribution in [0.1, 0.15) is 40.7 Å². The second-order valence-corrected chi connectivity index (χ2v) is 8.05. The molecule has 5 rings (SSSR count). The standard InChI is InChI=1S/C25H24N6O3/c1-33-20-7-4-18(5-8-20)24(32)28-22-9-6-19(15-27-22)23-29-25(34-30-23)21-3-2-14-31(21)16-17-10-12-26-13-11-17/h4-13,15,21H,2-3,14,16H2,1H3,(H,27,28,32)/t21-/m0/s1. The van der Waals surface area contributed by atoms with Crippen molar-refractivity contribution in [2.24, 2.45) is 0 Å². The largest absolute Gasteiger partial charge is 0.497 e. The zero-order valence-corrected chi connectivity index (χ0v) is 18.7. The number of likely N-dealkylation sites (tertiary alicyclic amines) is 1. The molecule has 1 N–H and O–H groups in total. The summed E-state index contributed by atoms with van der Waals surface area (Å²) in [5.41, 5.74) is 2.44. The van der Waals surface area contributed by atoms with Crippen molar-refractivity contribution in [3.63, 3.8) is 0 Å². The molecule has 0 aliphatic carbocycles. The van der Waals surface area contributed by atoms with Gasteiger partial charge in [0.25, 0.3) is 5.91 Å². The quantitative estimate of drug-likeness (QED) is 0.443. The number of nitrogens with zero attached hydrogens (tertiary/aromatic N) is 5. The number of carbonyl (C=O) groups is 1. The second-order valence-electron chi connectivity index (χ2n) is 8.05. The fourth-order valence-electron chi connectivity index (χ4n) is 4.04. The summed E-state index contributed by atoms with van der Waals surface area (Å²) < 4.78 is 10.7. The lowest BCUT2D eigenvalue weighted by molar-refractivity contribution is 0.102. The number of anilines is 1. The number of hydrogen-bond donors (Lipinski definition) is 1. The SMILES string of the molecule is COc1ccc(C(=O)Nc2ccc(-c3noc([C@@H]4CCCN4Cc4ccncc4)n3)cn2)cc1. The summed E-state index contributed by atoms with van der Waals surface area (Å²) >= 11 is 0. The number of aromatic nitrogens is 4. The Morgan fingerprint density at radius 3 is 2.71 bits per heavy atom. The molecular formula is C25H24N6O3. The van der Waals surface area contributed by atoms with Crippen molar-refractivity contribution in [3.05, 3.63) is 84.1 Å². The van der Waals surface area contributed by atoms with E-state index in [1.807, 2.05) is 18.2 Å². The van der Waals surface area contributed by atoms with E-state index in [4.69, 9.17) is 9.26 Å². The fraction of sp³-hybridized carbons (Fsp3) is 0.240. The third-order valence-corrected chi connectivity index (χ3v) is 5.84. The van der Waals surface area contributed by atoms with Gasteiger partial charge in [-0.2, -0.15) is 4.98 Å². The van der Waals surface area contributed by atoms with Crippen LogP contribution in [-0.4, -0.2) is 44.6 Å². The summed E-state index contributed by atoms with van der Waals surface area (Å²) in [7, 11) is 1.58. The molecule has 9 nitrogen and oxygen atoms in total. The van der Waals surface area contributed by atoms with Gasteiger partial charge >= 0.3 is 0 Å². The molecule has 1 aromatic carbocycles. The van der Waals surface area contributed by atoms with Crippen LogP contribution >= 0.6 is 0 Å². The zero-order chi connectivity index (χ0) is 23.3. The van der Waals surface area contributed by atoms with E-state index in [-0.39, 0.29) is 11.9 Å². The van der Waals surface area contributed by atoms with Crippen LogP contribution in [0.5, 0.6) is 5.75 Å². The van der Waals surface area contributed by atoms with Gasteiger partial charge in [-0.3, -0.25) is 14.7 Å². The van der Waals surface area contributed by atoms with Crippen LogP contribution in [0.2, 0.25) is 0 Å². The molecule has 0 spiro atoms. The molecule has 172 valence electrons. The molecule has 1 amide bonds. The maximum Gasteiger partial charge on any atom is 0.256 e. The van der Waals surface area contributed by atoms with Crippen molar-refractivity contribution in [2.75, 3.05) is 19.0 Å². The van der Waals surface area contributed by atoms with Gasteiger partial charge in [-0.15, -0.1) is 0 Å². The maximum atomic E-state index is 12.4. The Bertz CT molecular complexity index is 1240. The minimum Gasteiger partial charge on any atom is -0.497 e. The Kier molecular flexibility index (Phi) is 6.26. The first kappa shape index (κ1) is 21.7. The maximum absolute atomic E-state index is 12.4. The molecule has 1 aliphatic heterocycles. The van der Waals surface area contributed by atoms with Crippen molar-refractivity contribution in [1.29, 1.82) is 0 Å². The number of amides is 1. The van der Waals surface area contributed by atoms with Gasteiger partial charge in [0.1, 0.15) is 11.6 Å². The average Bonchev–Trinajstić information content (AvgIpc) is 3.55. The topological polar surface area (TPSA) is 106 Å². The predicted octanol–water partition coefficient (Wildman–Crippen LogP) is 4.12. The van der Waals surface area contributed by atoms with E-state index in [9.17, 15) is 4.79 Å². The van der Waals surface area contributed by atoms with Gasteiger partial charge in [0.05, 0.1) is 13.2 Å². The van der Waals surface area contributed by atoms with Crippen LogP contribution in [0.25, 0.3) is 11.4 Å². The zero-order valence-electron chi connectivity index (χ0n) is 18.7. The second kappa shape index (κ2) is 9.80. The van der Waals surface area contributed by atoms with E-state index < -0.39 is 0 Å². The minimum atomic E-state index is -0.250. The molecule has 1 fully saturated rings. The number of carbonyl (C=O) groups excluding carboxylic acids is 1. The Balaban J connectivity index is 1.24. The molecule has 9 heteroatoms. The van der Waals surface area contributed by atoms with Crippen LogP contribution in [-0.2, 0) is 6.54 Å². The van der Waals surface area contributed by atoms with E-state index in [0.717, 1.165) is 31.5 Å². The normalized spacial score (nSPS) is 15.9. The van der Waals surface area contributed by atoms with E-state index in [1.165, 1.54) is 5.56 Å². The highest BCUT2D eigenvalue weighted by Crippen LogP contribution is 2.33. The molecule has 1 aliphatic rings. The van der Waals surface area contributed by atoms with Crippen molar-refractivity contribution < 1.29 is 14.1 Å². The lowest BCUT2D eigenvalue weighted by atomic mass is 10.2.